The molecule has 0 unspecified atom stereocenters. The molecule has 0 amide bonds. The lowest BCUT2D eigenvalue weighted by Crippen LogP contribution is -2.04. The van der Waals surface area contributed by atoms with Crippen LogP contribution in [0.25, 0.3) is 0 Å². The Hall–Kier alpha value is -0.520. The molecule has 0 radical (unpaired) electrons. The maximum absolute atomic E-state index is 3.97. The number of allylic oxidation sites excluding steroid dienone is 3. The van der Waals surface area contributed by atoms with Gasteiger partial charge in [-0.25, -0.2) is 0 Å². The van der Waals surface area contributed by atoms with Gasteiger partial charge in [0, 0.05) is 0 Å². The fourth-order valence-electron chi connectivity index (χ4n) is 1.34. The normalized spacial score (nSPS) is 26.1. The smallest absolute Gasteiger partial charge is 0.0110 e. The van der Waals surface area contributed by atoms with Crippen LogP contribution in [0, 0.1) is 11.8 Å². The van der Waals surface area contributed by atoms with E-state index in [-0.39, 0.29) is 0 Å². The van der Waals surface area contributed by atoms with Crippen LogP contribution in [0.4, 0.5) is 0 Å². The van der Waals surface area contributed by atoms with E-state index in [0.29, 0.717) is 0 Å². The van der Waals surface area contributed by atoms with Crippen molar-refractivity contribution in [3.8, 4) is 0 Å². The first-order chi connectivity index (χ1) is 4.22. The van der Waals surface area contributed by atoms with Crippen LogP contribution in [0.5, 0.6) is 0 Å². The Kier molecular flexibility index (Phi) is 1.75. The molecule has 50 valence electrons. The first-order valence-corrected chi connectivity index (χ1v) is 3.57. The Morgan fingerprint density at radius 2 is 2.33 bits per heavy atom. The van der Waals surface area contributed by atoms with Crippen LogP contribution in [-0.2, 0) is 0 Å². The minimum atomic E-state index is 0.727. The fraction of sp³-hybridized carbons (Fsp3) is 0.556. The topological polar surface area (TPSA) is 0 Å². The lowest BCUT2D eigenvalue weighted by atomic mass is 9.91. The van der Waals surface area contributed by atoms with E-state index in [9.17, 15) is 0 Å². The van der Waals surface area contributed by atoms with Gasteiger partial charge >= 0.3 is 0 Å². The quantitative estimate of drug-likeness (QED) is 0.501. The third kappa shape index (κ3) is 1.24. The second-order valence-electron chi connectivity index (χ2n) is 3.06. The maximum atomic E-state index is 3.97. The summed E-state index contributed by atoms with van der Waals surface area (Å²) >= 11 is 0. The number of rotatable bonds is 1. The molecule has 0 heteroatoms. The molecule has 0 aromatic heterocycles. The summed E-state index contributed by atoms with van der Waals surface area (Å²) in [6.45, 7) is 8.48. The molecule has 0 nitrogen and oxygen atoms in total. The molecule has 0 aromatic rings. The van der Waals surface area contributed by atoms with E-state index >= 15 is 0 Å². The molecule has 0 aliphatic heterocycles. The summed E-state index contributed by atoms with van der Waals surface area (Å²) in [5.74, 6) is 1.48. The molecule has 1 aliphatic rings. The summed E-state index contributed by atoms with van der Waals surface area (Å²) < 4.78 is 0. The van der Waals surface area contributed by atoms with Gasteiger partial charge in [-0.15, -0.1) is 0 Å². The molecule has 0 heterocycles. The first kappa shape index (κ1) is 6.60. The molecule has 9 heavy (non-hydrogen) atoms. The van der Waals surface area contributed by atoms with Crippen LogP contribution < -0.4 is 0 Å². The van der Waals surface area contributed by atoms with Crippen molar-refractivity contribution in [2.45, 2.75) is 20.3 Å². The van der Waals surface area contributed by atoms with Crippen LogP contribution >= 0.6 is 0 Å². The third-order valence-corrected chi connectivity index (χ3v) is 2.00. The molecule has 1 aliphatic carbocycles. The zero-order valence-corrected chi connectivity index (χ0v) is 6.22. The van der Waals surface area contributed by atoms with Gasteiger partial charge in [0.15, 0.2) is 0 Å². The van der Waals surface area contributed by atoms with Gasteiger partial charge in [-0.1, -0.05) is 38.2 Å². The molecule has 1 atom stereocenters. The summed E-state index contributed by atoms with van der Waals surface area (Å²) in [6.07, 6.45) is 5.56. The number of hydrogen-bond acceptors (Lipinski definition) is 0. The zero-order valence-electron chi connectivity index (χ0n) is 6.22. The Morgan fingerprint density at radius 3 is 2.56 bits per heavy atom. The van der Waals surface area contributed by atoms with Crippen molar-refractivity contribution >= 4 is 0 Å². The summed E-state index contributed by atoms with van der Waals surface area (Å²) in [6, 6.07) is 0. The predicted octanol–water partition coefficient (Wildman–Crippen LogP) is 2.77. The van der Waals surface area contributed by atoms with E-state index in [1.807, 2.05) is 0 Å². The van der Waals surface area contributed by atoms with E-state index < -0.39 is 0 Å². The van der Waals surface area contributed by atoms with Crippen LogP contribution in [0.2, 0.25) is 0 Å². The van der Waals surface area contributed by atoms with Crippen molar-refractivity contribution in [2.24, 2.45) is 11.8 Å². The monoisotopic (exact) mass is 122 g/mol. The molecule has 1 rings (SSSR count). The van der Waals surface area contributed by atoms with E-state index in [2.05, 4.69) is 32.6 Å². The van der Waals surface area contributed by atoms with Gasteiger partial charge in [-0.2, -0.15) is 0 Å². The van der Waals surface area contributed by atoms with Crippen molar-refractivity contribution in [3.05, 3.63) is 24.3 Å². The maximum Gasteiger partial charge on any atom is -0.0110 e. The van der Waals surface area contributed by atoms with Crippen LogP contribution in [0.1, 0.15) is 20.3 Å². The minimum absolute atomic E-state index is 0.727. The fourth-order valence-corrected chi connectivity index (χ4v) is 1.34. The van der Waals surface area contributed by atoms with Gasteiger partial charge in [-0.3, -0.25) is 0 Å². The zero-order chi connectivity index (χ0) is 6.85. The molecule has 0 saturated carbocycles. The Bertz CT molecular complexity index is 140. The van der Waals surface area contributed by atoms with Gasteiger partial charge in [0.05, 0.1) is 0 Å². The second kappa shape index (κ2) is 2.38. The van der Waals surface area contributed by atoms with Gasteiger partial charge in [0.25, 0.3) is 0 Å². The van der Waals surface area contributed by atoms with Crippen molar-refractivity contribution in [1.29, 1.82) is 0 Å². The SMILES string of the molecule is C=C1C=CC[C@H]1C(C)C. The van der Waals surface area contributed by atoms with E-state index in [1.54, 1.807) is 0 Å². The molecule has 0 aromatic carbocycles. The highest BCUT2D eigenvalue weighted by Gasteiger charge is 2.16. The largest absolute Gasteiger partial charge is 0.0955 e. The standard InChI is InChI=1S/C9H14/c1-7(2)9-6-4-5-8(9)3/h4-5,7,9H,3,6H2,1-2H3/t9-/m0/s1. The summed E-state index contributed by atoms with van der Waals surface area (Å²) in [5.41, 5.74) is 1.31. The minimum Gasteiger partial charge on any atom is -0.0955 e. The summed E-state index contributed by atoms with van der Waals surface area (Å²) in [7, 11) is 0. The second-order valence-corrected chi connectivity index (χ2v) is 3.06. The van der Waals surface area contributed by atoms with Gasteiger partial charge in [-0.05, 0) is 18.3 Å². The van der Waals surface area contributed by atoms with Crippen LogP contribution in [-0.4, -0.2) is 0 Å². The van der Waals surface area contributed by atoms with E-state index in [4.69, 9.17) is 0 Å². The van der Waals surface area contributed by atoms with Crippen molar-refractivity contribution in [1.82, 2.24) is 0 Å². The highest BCUT2D eigenvalue weighted by Crippen LogP contribution is 2.29. The molecule has 0 spiro atoms. The summed E-state index contributed by atoms with van der Waals surface area (Å²) in [5, 5.41) is 0. The molecule has 0 fully saturated rings. The van der Waals surface area contributed by atoms with Crippen molar-refractivity contribution in [3.63, 3.8) is 0 Å². The lowest BCUT2D eigenvalue weighted by molar-refractivity contribution is 0.468. The van der Waals surface area contributed by atoms with Gasteiger partial charge in [0.2, 0.25) is 0 Å². The highest BCUT2D eigenvalue weighted by molar-refractivity contribution is 5.25. The first-order valence-electron chi connectivity index (χ1n) is 3.57. The average molecular weight is 122 g/mol. The Balaban J connectivity index is 2.56. The molecule has 0 bridgehead atoms. The average Bonchev–Trinajstić information content (AvgIpc) is 2.13. The molecular formula is C9H14. The van der Waals surface area contributed by atoms with Crippen molar-refractivity contribution < 1.29 is 0 Å². The lowest BCUT2D eigenvalue weighted by Gasteiger charge is -2.14. The van der Waals surface area contributed by atoms with Crippen LogP contribution in [0.3, 0.4) is 0 Å². The van der Waals surface area contributed by atoms with Gasteiger partial charge in [0.1, 0.15) is 0 Å². The molecular weight excluding hydrogens is 108 g/mol. The molecule has 0 N–H and O–H groups in total. The van der Waals surface area contributed by atoms with E-state index in [1.165, 1.54) is 12.0 Å². The Labute approximate surface area is 57.3 Å². The van der Waals surface area contributed by atoms with Crippen LogP contribution in [0.15, 0.2) is 24.3 Å². The predicted molar refractivity (Wildman–Crippen MR) is 41.2 cm³/mol. The van der Waals surface area contributed by atoms with Gasteiger partial charge < -0.3 is 0 Å². The highest BCUT2D eigenvalue weighted by atomic mass is 14.2. The van der Waals surface area contributed by atoms with E-state index in [0.717, 1.165) is 11.8 Å². The number of hydrogen-bond donors (Lipinski definition) is 0. The van der Waals surface area contributed by atoms with Crippen molar-refractivity contribution in [2.75, 3.05) is 0 Å². The summed E-state index contributed by atoms with van der Waals surface area (Å²) in [4.78, 5) is 0. The molecule has 0 saturated heterocycles. The Morgan fingerprint density at radius 1 is 1.67 bits per heavy atom. The third-order valence-electron chi connectivity index (χ3n) is 2.00.